The van der Waals surface area contributed by atoms with Gasteiger partial charge in [0.1, 0.15) is 0 Å². The van der Waals surface area contributed by atoms with Crippen LogP contribution in [0.1, 0.15) is 16.7 Å². The van der Waals surface area contributed by atoms with Crippen molar-refractivity contribution in [1.82, 2.24) is 5.32 Å². The molecule has 0 radical (unpaired) electrons. The van der Waals surface area contributed by atoms with Crippen LogP contribution in [0.25, 0.3) is 11.1 Å². The lowest BCUT2D eigenvalue weighted by Crippen LogP contribution is -2.05. The molecule has 0 amide bonds. The first-order chi connectivity index (χ1) is 8.22. The van der Waals surface area contributed by atoms with Crippen LogP contribution in [-0.4, -0.2) is 7.05 Å². The van der Waals surface area contributed by atoms with Crippen LogP contribution in [0.4, 0.5) is 0 Å². The largest absolute Gasteiger partial charge is 0.316 e. The van der Waals surface area contributed by atoms with Gasteiger partial charge in [-0.25, -0.2) is 0 Å². The van der Waals surface area contributed by atoms with Gasteiger partial charge in [0, 0.05) is 6.54 Å². The standard InChI is InChI=1S/C16H19N/c1-12-6-4-5-7-15(12)16-10-14(11-17-3)9-8-13(16)2/h4-10,17H,11H2,1-3H3. The van der Waals surface area contributed by atoms with Crippen LogP contribution >= 0.6 is 0 Å². The predicted octanol–water partition coefficient (Wildman–Crippen LogP) is 3.69. The third-order valence-electron chi connectivity index (χ3n) is 3.12. The number of aryl methyl sites for hydroxylation is 2. The highest BCUT2D eigenvalue weighted by molar-refractivity contribution is 5.70. The summed E-state index contributed by atoms with van der Waals surface area (Å²) in [6.07, 6.45) is 0. The Bertz CT molecular complexity index is 515. The zero-order valence-corrected chi connectivity index (χ0v) is 10.7. The van der Waals surface area contributed by atoms with Gasteiger partial charge < -0.3 is 5.32 Å². The topological polar surface area (TPSA) is 12.0 Å². The van der Waals surface area contributed by atoms with Gasteiger partial charge in [-0.1, -0.05) is 36.4 Å². The van der Waals surface area contributed by atoms with Crippen molar-refractivity contribution < 1.29 is 0 Å². The molecule has 0 bridgehead atoms. The summed E-state index contributed by atoms with van der Waals surface area (Å²) >= 11 is 0. The molecule has 0 saturated carbocycles. The summed E-state index contributed by atoms with van der Waals surface area (Å²) in [6.45, 7) is 5.25. The Kier molecular flexibility index (Phi) is 3.60. The van der Waals surface area contributed by atoms with Crippen LogP contribution in [0, 0.1) is 13.8 Å². The summed E-state index contributed by atoms with van der Waals surface area (Å²) < 4.78 is 0. The van der Waals surface area contributed by atoms with Gasteiger partial charge in [0.05, 0.1) is 0 Å². The average Bonchev–Trinajstić information content (AvgIpc) is 2.33. The van der Waals surface area contributed by atoms with Crippen LogP contribution in [0.5, 0.6) is 0 Å². The quantitative estimate of drug-likeness (QED) is 0.840. The number of benzene rings is 2. The van der Waals surface area contributed by atoms with Gasteiger partial charge in [-0.15, -0.1) is 0 Å². The Balaban J connectivity index is 2.51. The van der Waals surface area contributed by atoms with E-state index in [1.54, 1.807) is 0 Å². The zero-order chi connectivity index (χ0) is 12.3. The van der Waals surface area contributed by atoms with Crippen molar-refractivity contribution in [3.05, 3.63) is 59.2 Å². The SMILES string of the molecule is CNCc1ccc(C)c(-c2ccccc2C)c1. The molecule has 0 spiro atoms. The van der Waals surface area contributed by atoms with Crippen molar-refractivity contribution in [2.24, 2.45) is 0 Å². The van der Waals surface area contributed by atoms with Gasteiger partial charge in [-0.3, -0.25) is 0 Å². The molecule has 0 fully saturated rings. The van der Waals surface area contributed by atoms with E-state index in [4.69, 9.17) is 0 Å². The van der Waals surface area contributed by atoms with Crippen molar-refractivity contribution in [3.63, 3.8) is 0 Å². The maximum atomic E-state index is 3.20. The Labute approximate surface area is 103 Å². The molecule has 1 N–H and O–H groups in total. The smallest absolute Gasteiger partial charge is 0.0202 e. The van der Waals surface area contributed by atoms with E-state index in [1.807, 2.05) is 7.05 Å². The Morgan fingerprint density at radius 2 is 1.59 bits per heavy atom. The van der Waals surface area contributed by atoms with Crippen molar-refractivity contribution in [2.75, 3.05) is 7.05 Å². The molecular weight excluding hydrogens is 206 g/mol. The molecule has 0 heterocycles. The molecule has 0 atom stereocenters. The van der Waals surface area contributed by atoms with Gasteiger partial charge in [-0.05, 0) is 54.8 Å². The minimum Gasteiger partial charge on any atom is -0.316 e. The fourth-order valence-corrected chi connectivity index (χ4v) is 2.15. The molecule has 2 rings (SSSR count). The molecule has 2 aromatic rings. The van der Waals surface area contributed by atoms with Crippen LogP contribution in [0.3, 0.4) is 0 Å². The van der Waals surface area contributed by atoms with Crippen molar-refractivity contribution in [1.29, 1.82) is 0 Å². The Morgan fingerprint density at radius 1 is 0.882 bits per heavy atom. The highest BCUT2D eigenvalue weighted by Gasteiger charge is 2.05. The van der Waals surface area contributed by atoms with E-state index in [-0.39, 0.29) is 0 Å². The summed E-state index contributed by atoms with van der Waals surface area (Å²) in [4.78, 5) is 0. The minimum atomic E-state index is 0.916. The van der Waals surface area contributed by atoms with Gasteiger partial charge >= 0.3 is 0 Å². The fraction of sp³-hybridized carbons (Fsp3) is 0.250. The maximum absolute atomic E-state index is 3.20. The maximum Gasteiger partial charge on any atom is 0.0202 e. The van der Waals surface area contributed by atoms with Gasteiger partial charge in [0.2, 0.25) is 0 Å². The summed E-state index contributed by atoms with van der Waals surface area (Å²) in [5.41, 5.74) is 6.67. The molecule has 0 aliphatic rings. The molecule has 0 aromatic heterocycles. The Hall–Kier alpha value is -1.60. The van der Waals surface area contributed by atoms with E-state index in [2.05, 4.69) is 61.6 Å². The number of nitrogens with one attached hydrogen (secondary N) is 1. The monoisotopic (exact) mass is 225 g/mol. The normalized spacial score (nSPS) is 10.5. The highest BCUT2D eigenvalue weighted by atomic mass is 14.8. The second kappa shape index (κ2) is 5.15. The molecule has 88 valence electrons. The van der Waals surface area contributed by atoms with E-state index in [9.17, 15) is 0 Å². The number of hydrogen-bond donors (Lipinski definition) is 1. The molecule has 1 heteroatoms. The second-order valence-electron chi connectivity index (χ2n) is 4.49. The van der Waals surface area contributed by atoms with Crippen molar-refractivity contribution in [2.45, 2.75) is 20.4 Å². The molecule has 1 nitrogen and oxygen atoms in total. The van der Waals surface area contributed by atoms with Crippen LogP contribution in [0.2, 0.25) is 0 Å². The third-order valence-corrected chi connectivity index (χ3v) is 3.12. The lowest BCUT2D eigenvalue weighted by atomic mass is 9.95. The first-order valence-electron chi connectivity index (χ1n) is 6.02. The molecule has 0 unspecified atom stereocenters. The van der Waals surface area contributed by atoms with Gasteiger partial charge in [0.25, 0.3) is 0 Å². The van der Waals surface area contributed by atoms with E-state index >= 15 is 0 Å². The third kappa shape index (κ3) is 2.56. The lowest BCUT2D eigenvalue weighted by Gasteiger charge is -2.11. The first kappa shape index (κ1) is 11.9. The fourth-order valence-electron chi connectivity index (χ4n) is 2.15. The van der Waals surface area contributed by atoms with E-state index in [1.165, 1.54) is 27.8 Å². The predicted molar refractivity (Wildman–Crippen MR) is 74.1 cm³/mol. The van der Waals surface area contributed by atoms with Crippen molar-refractivity contribution in [3.8, 4) is 11.1 Å². The highest BCUT2D eigenvalue weighted by Crippen LogP contribution is 2.27. The number of rotatable bonds is 3. The van der Waals surface area contributed by atoms with E-state index in [0.717, 1.165) is 6.54 Å². The second-order valence-corrected chi connectivity index (χ2v) is 4.49. The molecule has 17 heavy (non-hydrogen) atoms. The van der Waals surface area contributed by atoms with Crippen LogP contribution in [0.15, 0.2) is 42.5 Å². The van der Waals surface area contributed by atoms with Gasteiger partial charge in [-0.2, -0.15) is 0 Å². The van der Waals surface area contributed by atoms with Crippen LogP contribution < -0.4 is 5.32 Å². The van der Waals surface area contributed by atoms with Crippen LogP contribution in [-0.2, 0) is 6.54 Å². The van der Waals surface area contributed by atoms with E-state index in [0.29, 0.717) is 0 Å². The molecule has 2 aromatic carbocycles. The van der Waals surface area contributed by atoms with E-state index < -0.39 is 0 Å². The summed E-state index contributed by atoms with van der Waals surface area (Å²) in [5.74, 6) is 0. The summed E-state index contributed by atoms with van der Waals surface area (Å²) in [5, 5.41) is 3.20. The average molecular weight is 225 g/mol. The Morgan fingerprint density at radius 3 is 2.29 bits per heavy atom. The van der Waals surface area contributed by atoms with Gasteiger partial charge in [0.15, 0.2) is 0 Å². The number of hydrogen-bond acceptors (Lipinski definition) is 1. The summed E-state index contributed by atoms with van der Waals surface area (Å²) in [7, 11) is 1.98. The first-order valence-corrected chi connectivity index (χ1v) is 6.02. The molecule has 0 aliphatic heterocycles. The molecular formula is C16H19N. The summed E-state index contributed by atoms with van der Waals surface area (Å²) in [6, 6.07) is 15.2. The zero-order valence-electron chi connectivity index (χ0n) is 10.7. The lowest BCUT2D eigenvalue weighted by molar-refractivity contribution is 0.818. The van der Waals surface area contributed by atoms with Crippen molar-refractivity contribution >= 4 is 0 Å². The molecule has 0 aliphatic carbocycles. The minimum absolute atomic E-state index is 0.916. The molecule has 0 saturated heterocycles.